The highest BCUT2D eigenvalue weighted by Crippen LogP contribution is 2.32. The highest BCUT2D eigenvalue weighted by Gasteiger charge is 2.44. The van der Waals surface area contributed by atoms with Gasteiger partial charge in [0.05, 0.1) is 25.2 Å². The van der Waals surface area contributed by atoms with Gasteiger partial charge < -0.3 is 14.7 Å². The molecule has 3 rings (SSSR count). The van der Waals surface area contributed by atoms with E-state index in [9.17, 15) is 4.79 Å². The van der Waals surface area contributed by atoms with E-state index in [4.69, 9.17) is 9.84 Å². The van der Waals surface area contributed by atoms with E-state index < -0.39 is 0 Å². The summed E-state index contributed by atoms with van der Waals surface area (Å²) in [6.45, 7) is 4.95. The summed E-state index contributed by atoms with van der Waals surface area (Å²) < 4.78 is 5.19. The van der Waals surface area contributed by atoms with Crippen LogP contribution >= 0.6 is 0 Å². The van der Waals surface area contributed by atoms with Crippen molar-refractivity contribution in [3.8, 4) is 0 Å². The molecule has 0 saturated carbocycles. The molecule has 0 aromatic heterocycles. The minimum atomic E-state index is -0.280. The molecule has 1 N–H and O–H groups in total. The number of benzene rings is 1. The van der Waals surface area contributed by atoms with Crippen LogP contribution in [0, 0.1) is 11.3 Å². The van der Waals surface area contributed by atoms with Crippen molar-refractivity contribution >= 4 is 5.91 Å². The molecule has 1 amide bonds. The van der Waals surface area contributed by atoms with Crippen LogP contribution in [0.3, 0.4) is 0 Å². The third-order valence-corrected chi connectivity index (χ3v) is 4.66. The first kappa shape index (κ1) is 14.5. The Balaban J connectivity index is 1.55. The van der Waals surface area contributed by atoms with Crippen molar-refractivity contribution in [3.05, 3.63) is 35.4 Å². The SMILES string of the molecule is CC1(C(=O)N2CCC(Cc3ccc(CO)cc3)C2)COC1. The number of ether oxygens (including phenoxy) is 1. The minimum Gasteiger partial charge on any atom is -0.392 e. The normalized spacial score (nSPS) is 23.9. The van der Waals surface area contributed by atoms with Crippen LogP contribution in [-0.4, -0.2) is 42.2 Å². The maximum absolute atomic E-state index is 12.4. The van der Waals surface area contributed by atoms with Gasteiger partial charge in [0.2, 0.25) is 5.91 Å². The molecule has 2 fully saturated rings. The first-order valence-electron chi connectivity index (χ1n) is 7.66. The van der Waals surface area contributed by atoms with Crippen LogP contribution in [0.4, 0.5) is 0 Å². The number of carbonyl (C=O) groups is 1. The lowest BCUT2D eigenvalue weighted by Crippen LogP contribution is -2.52. The number of carbonyl (C=O) groups excluding carboxylic acids is 1. The lowest BCUT2D eigenvalue weighted by atomic mass is 9.87. The molecular formula is C17H23NO3. The van der Waals surface area contributed by atoms with Crippen LogP contribution in [0.25, 0.3) is 0 Å². The lowest BCUT2D eigenvalue weighted by molar-refractivity contribution is -0.167. The molecule has 1 aromatic carbocycles. The van der Waals surface area contributed by atoms with Gasteiger partial charge in [0.25, 0.3) is 0 Å². The predicted octanol–water partition coefficient (Wildman–Crippen LogP) is 1.61. The van der Waals surface area contributed by atoms with Crippen LogP contribution in [-0.2, 0) is 22.6 Å². The van der Waals surface area contributed by atoms with Gasteiger partial charge in [-0.25, -0.2) is 0 Å². The Morgan fingerprint density at radius 1 is 1.33 bits per heavy atom. The smallest absolute Gasteiger partial charge is 0.233 e. The van der Waals surface area contributed by atoms with Gasteiger partial charge in [-0.2, -0.15) is 0 Å². The molecule has 1 unspecified atom stereocenters. The lowest BCUT2D eigenvalue weighted by Gasteiger charge is -2.39. The summed E-state index contributed by atoms with van der Waals surface area (Å²) in [5.41, 5.74) is 1.95. The Bertz CT molecular complexity index is 507. The molecule has 0 spiro atoms. The number of aliphatic hydroxyl groups excluding tert-OH is 1. The predicted molar refractivity (Wildman–Crippen MR) is 79.7 cm³/mol. The largest absolute Gasteiger partial charge is 0.392 e. The number of likely N-dealkylation sites (tertiary alicyclic amines) is 1. The van der Waals surface area contributed by atoms with Crippen LogP contribution in [0.5, 0.6) is 0 Å². The molecule has 21 heavy (non-hydrogen) atoms. The molecule has 1 aromatic rings. The van der Waals surface area contributed by atoms with Crippen LogP contribution in [0.2, 0.25) is 0 Å². The molecule has 0 radical (unpaired) electrons. The number of nitrogens with zero attached hydrogens (tertiary/aromatic N) is 1. The van der Waals surface area contributed by atoms with E-state index in [1.54, 1.807) is 0 Å². The second kappa shape index (κ2) is 5.78. The first-order chi connectivity index (χ1) is 10.1. The molecule has 0 aliphatic carbocycles. The number of aliphatic hydroxyl groups is 1. The molecule has 4 heteroatoms. The van der Waals surface area contributed by atoms with Crippen molar-refractivity contribution in [1.29, 1.82) is 0 Å². The second-order valence-corrected chi connectivity index (χ2v) is 6.64. The number of rotatable bonds is 4. The van der Waals surface area contributed by atoms with Crippen molar-refractivity contribution in [2.75, 3.05) is 26.3 Å². The monoisotopic (exact) mass is 289 g/mol. The van der Waals surface area contributed by atoms with Crippen molar-refractivity contribution in [1.82, 2.24) is 4.90 Å². The minimum absolute atomic E-state index is 0.0899. The van der Waals surface area contributed by atoms with Gasteiger partial charge in [-0.15, -0.1) is 0 Å². The molecule has 2 saturated heterocycles. The van der Waals surface area contributed by atoms with E-state index in [-0.39, 0.29) is 17.9 Å². The highest BCUT2D eigenvalue weighted by molar-refractivity contribution is 5.83. The van der Waals surface area contributed by atoms with Crippen molar-refractivity contribution in [2.24, 2.45) is 11.3 Å². The Kier molecular flexibility index (Phi) is 4.00. The van der Waals surface area contributed by atoms with Gasteiger partial charge in [-0.3, -0.25) is 4.79 Å². The van der Waals surface area contributed by atoms with Gasteiger partial charge in [0, 0.05) is 13.1 Å². The zero-order chi connectivity index (χ0) is 14.9. The number of amides is 1. The summed E-state index contributed by atoms with van der Waals surface area (Å²) >= 11 is 0. The van der Waals surface area contributed by atoms with Crippen molar-refractivity contribution in [3.63, 3.8) is 0 Å². The Labute approximate surface area is 125 Å². The van der Waals surface area contributed by atoms with E-state index in [0.29, 0.717) is 19.1 Å². The van der Waals surface area contributed by atoms with Crippen molar-refractivity contribution < 1.29 is 14.6 Å². The second-order valence-electron chi connectivity index (χ2n) is 6.64. The van der Waals surface area contributed by atoms with Crippen LogP contribution < -0.4 is 0 Å². The van der Waals surface area contributed by atoms with Gasteiger partial charge in [-0.1, -0.05) is 24.3 Å². The summed E-state index contributed by atoms with van der Waals surface area (Å²) in [7, 11) is 0. The van der Waals surface area contributed by atoms with Gasteiger partial charge in [0.1, 0.15) is 0 Å². The first-order valence-corrected chi connectivity index (χ1v) is 7.66. The van der Waals surface area contributed by atoms with E-state index in [0.717, 1.165) is 31.5 Å². The third kappa shape index (κ3) is 2.97. The average Bonchev–Trinajstić information content (AvgIpc) is 2.93. The van der Waals surface area contributed by atoms with Gasteiger partial charge in [-0.05, 0) is 36.8 Å². The van der Waals surface area contributed by atoms with Crippen LogP contribution in [0.1, 0.15) is 24.5 Å². The summed E-state index contributed by atoms with van der Waals surface area (Å²) in [4.78, 5) is 14.5. The fraction of sp³-hybridized carbons (Fsp3) is 0.588. The molecular weight excluding hydrogens is 266 g/mol. The fourth-order valence-electron chi connectivity index (χ4n) is 3.21. The zero-order valence-electron chi connectivity index (χ0n) is 12.5. The molecule has 4 nitrogen and oxygen atoms in total. The molecule has 1 atom stereocenters. The Morgan fingerprint density at radius 2 is 2.00 bits per heavy atom. The molecule has 0 bridgehead atoms. The van der Waals surface area contributed by atoms with Crippen LogP contribution in [0.15, 0.2) is 24.3 Å². The van der Waals surface area contributed by atoms with Gasteiger partial charge in [0.15, 0.2) is 0 Å². The zero-order valence-corrected chi connectivity index (χ0v) is 12.5. The fourth-order valence-corrected chi connectivity index (χ4v) is 3.21. The molecule has 2 aliphatic heterocycles. The van der Waals surface area contributed by atoms with Gasteiger partial charge >= 0.3 is 0 Å². The maximum Gasteiger partial charge on any atom is 0.233 e. The van der Waals surface area contributed by atoms with E-state index in [1.165, 1.54) is 5.56 Å². The molecule has 2 aliphatic rings. The molecule has 2 heterocycles. The topological polar surface area (TPSA) is 49.8 Å². The molecule has 114 valence electrons. The maximum atomic E-state index is 12.4. The Hall–Kier alpha value is -1.39. The average molecular weight is 289 g/mol. The van der Waals surface area contributed by atoms with E-state index >= 15 is 0 Å². The number of hydrogen-bond acceptors (Lipinski definition) is 3. The standard InChI is InChI=1S/C17H23NO3/c1-17(11-21-12-17)16(20)18-7-6-15(9-18)8-13-2-4-14(10-19)5-3-13/h2-5,15,19H,6-12H2,1H3. The third-order valence-electron chi connectivity index (χ3n) is 4.66. The summed E-state index contributed by atoms with van der Waals surface area (Å²) in [6.07, 6.45) is 2.08. The number of hydrogen-bond donors (Lipinski definition) is 1. The van der Waals surface area contributed by atoms with E-state index in [2.05, 4.69) is 12.1 Å². The summed E-state index contributed by atoms with van der Waals surface area (Å²) in [5.74, 6) is 0.797. The Morgan fingerprint density at radius 3 is 2.57 bits per heavy atom. The summed E-state index contributed by atoms with van der Waals surface area (Å²) in [5, 5.41) is 9.06. The highest BCUT2D eigenvalue weighted by atomic mass is 16.5. The van der Waals surface area contributed by atoms with Crippen molar-refractivity contribution in [2.45, 2.75) is 26.4 Å². The summed E-state index contributed by atoms with van der Waals surface area (Å²) in [6, 6.07) is 8.11. The quantitative estimate of drug-likeness (QED) is 0.916. The van der Waals surface area contributed by atoms with E-state index in [1.807, 2.05) is 24.0 Å².